The molecule has 1 amide bonds. The van der Waals surface area contributed by atoms with Gasteiger partial charge in [0.2, 0.25) is 5.91 Å². The summed E-state index contributed by atoms with van der Waals surface area (Å²) in [6, 6.07) is 20.8. The van der Waals surface area contributed by atoms with Crippen LogP contribution in [0.4, 0.5) is 5.69 Å². The van der Waals surface area contributed by atoms with Crippen LogP contribution in [0.15, 0.2) is 71.3 Å². The summed E-state index contributed by atoms with van der Waals surface area (Å²) in [6.45, 7) is 7.25. The maximum Gasteiger partial charge on any atom is 0.245 e. The summed E-state index contributed by atoms with van der Waals surface area (Å²) in [5.74, 6) is -0.00754. The summed E-state index contributed by atoms with van der Waals surface area (Å²) >= 11 is 0. The fourth-order valence-electron chi connectivity index (χ4n) is 4.02. The van der Waals surface area contributed by atoms with Gasteiger partial charge in [0, 0.05) is 5.69 Å². The Labute approximate surface area is 192 Å². The molecular formula is C27H37N4O+. The van der Waals surface area contributed by atoms with Crippen LogP contribution in [0.1, 0.15) is 44.6 Å². The van der Waals surface area contributed by atoms with E-state index in [4.69, 9.17) is 0 Å². The topological polar surface area (TPSA) is 49.1 Å². The molecule has 1 heterocycles. The molecule has 1 aliphatic rings. The molecule has 1 aliphatic heterocycles. The second-order valence-corrected chi connectivity index (χ2v) is 8.45. The molecule has 32 heavy (non-hydrogen) atoms. The van der Waals surface area contributed by atoms with Gasteiger partial charge in [0.25, 0.3) is 0 Å². The van der Waals surface area contributed by atoms with Crippen LogP contribution in [0.25, 0.3) is 6.08 Å². The molecule has 0 aliphatic carbocycles. The van der Waals surface area contributed by atoms with Gasteiger partial charge in [0.1, 0.15) is 0 Å². The zero-order valence-corrected chi connectivity index (χ0v) is 19.3. The number of quaternary nitrogens is 1. The molecule has 0 atom stereocenters. The van der Waals surface area contributed by atoms with E-state index in [-0.39, 0.29) is 5.91 Å². The quantitative estimate of drug-likeness (QED) is 0.323. The molecule has 0 spiro atoms. The van der Waals surface area contributed by atoms with Crippen LogP contribution >= 0.6 is 0 Å². The van der Waals surface area contributed by atoms with Crippen molar-refractivity contribution in [2.75, 3.05) is 37.6 Å². The van der Waals surface area contributed by atoms with Gasteiger partial charge in [0.05, 0.1) is 45.4 Å². The van der Waals surface area contributed by atoms with Crippen molar-refractivity contribution in [3.8, 4) is 0 Å². The molecule has 3 rings (SSSR count). The molecule has 1 fully saturated rings. The van der Waals surface area contributed by atoms with Crippen LogP contribution in [-0.2, 0) is 4.79 Å². The molecule has 170 valence electrons. The van der Waals surface area contributed by atoms with E-state index in [1.165, 1.54) is 23.4 Å². The predicted molar refractivity (Wildman–Crippen MR) is 134 cm³/mol. The van der Waals surface area contributed by atoms with Gasteiger partial charge in [-0.15, -0.1) is 0 Å². The molecule has 0 radical (unpaired) electrons. The lowest BCUT2D eigenvalue weighted by Crippen LogP contribution is -3.15. The molecule has 2 aromatic carbocycles. The number of hydrazone groups is 1. The summed E-state index contributed by atoms with van der Waals surface area (Å²) in [5, 5.41) is 4.25. The molecule has 2 aromatic rings. The second-order valence-electron chi connectivity index (χ2n) is 8.45. The lowest BCUT2D eigenvalue weighted by atomic mass is 10.1. The highest BCUT2D eigenvalue weighted by Crippen LogP contribution is 2.13. The number of carbonyl (C=O) groups is 1. The van der Waals surface area contributed by atoms with Gasteiger partial charge < -0.3 is 9.80 Å². The Morgan fingerprint density at radius 2 is 1.69 bits per heavy atom. The van der Waals surface area contributed by atoms with Crippen molar-refractivity contribution in [3.05, 3.63) is 71.8 Å². The lowest BCUT2D eigenvalue weighted by Gasteiger charge is -2.33. The Bertz CT molecular complexity index is 856. The van der Waals surface area contributed by atoms with Gasteiger partial charge >= 0.3 is 0 Å². The normalized spacial score (nSPS) is 15.3. The van der Waals surface area contributed by atoms with Crippen molar-refractivity contribution in [2.24, 2.45) is 5.10 Å². The number of nitrogens with zero attached hydrogens (tertiary/aromatic N) is 2. The molecule has 5 nitrogen and oxygen atoms in total. The maximum absolute atomic E-state index is 12.3. The van der Waals surface area contributed by atoms with Crippen LogP contribution in [-0.4, -0.2) is 44.8 Å². The smallest absolute Gasteiger partial charge is 0.245 e. The number of nitrogens with one attached hydrogen (secondary N) is 2. The summed E-state index contributed by atoms with van der Waals surface area (Å²) in [4.78, 5) is 16.2. The zero-order valence-electron chi connectivity index (χ0n) is 19.3. The Morgan fingerprint density at radius 1 is 1.00 bits per heavy atom. The van der Waals surface area contributed by atoms with E-state index in [1.54, 1.807) is 0 Å². The van der Waals surface area contributed by atoms with E-state index in [0.29, 0.717) is 6.42 Å². The van der Waals surface area contributed by atoms with Crippen LogP contribution in [0.3, 0.4) is 0 Å². The number of unbranched alkanes of at least 4 members (excludes halogenated alkanes) is 2. The highest BCUT2D eigenvalue weighted by atomic mass is 16.2. The average Bonchev–Trinajstić information content (AvgIpc) is 2.84. The minimum Gasteiger partial charge on any atom is -0.360 e. The van der Waals surface area contributed by atoms with E-state index in [9.17, 15) is 4.79 Å². The number of rotatable bonds is 11. The first kappa shape index (κ1) is 23.7. The van der Waals surface area contributed by atoms with Gasteiger partial charge in [-0.05, 0) is 36.1 Å². The van der Waals surface area contributed by atoms with Gasteiger partial charge in [0.15, 0.2) is 0 Å². The monoisotopic (exact) mass is 433 g/mol. The molecule has 0 bridgehead atoms. The maximum atomic E-state index is 12.3. The summed E-state index contributed by atoms with van der Waals surface area (Å²) < 4.78 is 0. The molecule has 0 aromatic heterocycles. The third-order valence-electron chi connectivity index (χ3n) is 5.94. The van der Waals surface area contributed by atoms with Crippen LogP contribution in [0.2, 0.25) is 0 Å². The first-order chi connectivity index (χ1) is 15.7. The number of benzene rings is 2. The number of hydrogen-bond donors (Lipinski definition) is 2. The number of piperazine rings is 1. The largest absolute Gasteiger partial charge is 0.360 e. The van der Waals surface area contributed by atoms with Gasteiger partial charge in [-0.3, -0.25) is 4.79 Å². The minimum atomic E-state index is -0.00754. The van der Waals surface area contributed by atoms with E-state index in [2.05, 4.69) is 70.9 Å². The Morgan fingerprint density at radius 3 is 2.38 bits per heavy atom. The first-order valence-corrected chi connectivity index (χ1v) is 12.0. The number of para-hydroxylation sites is 1. The zero-order chi connectivity index (χ0) is 22.4. The number of amides is 1. The van der Waals surface area contributed by atoms with Gasteiger partial charge in [-0.2, -0.15) is 5.10 Å². The molecule has 2 N–H and O–H groups in total. The summed E-state index contributed by atoms with van der Waals surface area (Å²) in [6.07, 6.45) is 8.96. The molecule has 5 heteroatoms. The highest BCUT2D eigenvalue weighted by Gasteiger charge is 2.20. The fraction of sp³-hybridized carbons (Fsp3) is 0.407. The molecular weight excluding hydrogens is 396 g/mol. The van der Waals surface area contributed by atoms with E-state index < -0.39 is 0 Å². The van der Waals surface area contributed by atoms with Crippen LogP contribution in [0.5, 0.6) is 0 Å². The van der Waals surface area contributed by atoms with Crippen molar-refractivity contribution in [1.29, 1.82) is 0 Å². The van der Waals surface area contributed by atoms with Crippen molar-refractivity contribution >= 4 is 23.9 Å². The van der Waals surface area contributed by atoms with Crippen molar-refractivity contribution in [1.82, 2.24) is 5.43 Å². The van der Waals surface area contributed by atoms with Crippen molar-refractivity contribution in [3.63, 3.8) is 0 Å². The van der Waals surface area contributed by atoms with Crippen molar-refractivity contribution < 1.29 is 9.69 Å². The third kappa shape index (κ3) is 8.31. The van der Waals surface area contributed by atoms with Crippen LogP contribution in [0, 0.1) is 0 Å². The number of carbonyl (C=O) groups excluding carboxylic acids is 1. The number of allylic oxidation sites excluding steroid dienone is 1. The highest BCUT2D eigenvalue weighted by molar-refractivity contribution is 5.86. The Balaban J connectivity index is 1.41. The second kappa shape index (κ2) is 13.5. The molecule has 0 unspecified atom stereocenters. The average molecular weight is 434 g/mol. The standard InChI is InChI=1S/C27H36N4O/c1-2-3-6-13-25(22-24-11-7-4-8-12-24)23-28-29-27(32)16-17-30-18-20-31(21-19-30)26-14-9-5-10-15-26/h4-5,7-12,14-15,22-23H,2-3,6,13,16-21H2,1H3,(H,29,32)/p+1/b25-22+,28-23-. The lowest BCUT2D eigenvalue weighted by molar-refractivity contribution is -0.900. The third-order valence-corrected chi connectivity index (χ3v) is 5.94. The Kier molecular flexibility index (Phi) is 10.0. The summed E-state index contributed by atoms with van der Waals surface area (Å²) in [7, 11) is 0. The fourth-order valence-corrected chi connectivity index (χ4v) is 4.02. The SMILES string of the molecule is CCCCCC(/C=N\NC(=O)CC[NH+]1CCN(c2ccccc2)CC1)=C\c1ccccc1. The van der Waals surface area contributed by atoms with E-state index >= 15 is 0 Å². The van der Waals surface area contributed by atoms with Gasteiger partial charge in [-0.1, -0.05) is 74.4 Å². The van der Waals surface area contributed by atoms with Gasteiger partial charge in [-0.25, -0.2) is 5.43 Å². The van der Waals surface area contributed by atoms with Crippen LogP contribution < -0.4 is 15.2 Å². The minimum absolute atomic E-state index is 0.00754. The Hall–Kier alpha value is -2.92. The predicted octanol–water partition coefficient (Wildman–Crippen LogP) is 3.55. The molecule has 0 saturated carbocycles. The number of anilines is 1. The van der Waals surface area contributed by atoms with E-state index in [0.717, 1.165) is 56.7 Å². The number of hydrogen-bond acceptors (Lipinski definition) is 3. The van der Waals surface area contributed by atoms with E-state index in [1.807, 2.05) is 24.4 Å². The van der Waals surface area contributed by atoms with Crippen molar-refractivity contribution in [2.45, 2.75) is 39.0 Å². The first-order valence-electron chi connectivity index (χ1n) is 12.0. The molecule has 1 saturated heterocycles. The summed E-state index contributed by atoms with van der Waals surface area (Å²) in [5.41, 5.74) is 6.33.